The maximum Gasteiger partial charge on any atom is 0.416 e. The fraction of sp³-hybridized carbons (Fsp3) is 0.533. The van der Waals surface area contributed by atoms with Crippen LogP contribution in [0.2, 0.25) is 0 Å². The van der Waals surface area contributed by atoms with Crippen molar-refractivity contribution in [3.05, 3.63) is 65.5 Å². The molecule has 0 aromatic heterocycles. The zero-order valence-electron chi connectivity index (χ0n) is 24.0. The molecule has 2 aromatic rings. The Labute approximate surface area is 250 Å². The number of carbonyl (C=O) groups excluding carboxylic acids is 1. The summed E-state index contributed by atoms with van der Waals surface area (Å²) in [6.45, 7) is 3.23. The highest BCUT2D eigenvalue weighted by molar-refractivity contribution is 7.89. The van der Waals surface area contributed by atoms with Crippen LogP contribution in [0.1, 0.15) is 69.9 Å². The van der Waals surface area contributed by atoms with Crippen molar-refractivity contribution < 1.29 is 43.9 Å². The topological polar surface area (TPSA) is 78.8 Å². The number of hydrogen-bond acceptors (Lipinski definition) is 5. The summed E-state index contributed by atoms with van der Waals surface area (Å²) in [5.74, 6) is -0.488. The van der Waals surface area contributed by atoms with Gasteiger partial charge in [0.15, 0.2) is 5.78 Å². The number of ketones is 1. The monoisotopic (exact) mass is 647 g/mol. The number of halogens is 7. The second-order valence-corrected chi connectivity index (χ2v) is 14.2. The van der Waals surface area contributed by atoms with Crippen LogP contribution in [0.4, 0.5) is 30.7 Å². The lowest BCUT2D eigenvalue weighted by Crippen LogP contribution is -2.79. The first-order valence-electron chi connectivity index (χ1n) is 14.2. The maximum absolute atomic E-state index is 13.9. The summed E-state index contributed by atoms with van der Waals surface area (Å²) >= 11 is 0. The fourth-order valence-electron chi connectivity index (χ4n) is 6.84. The Hall–Kier alpha value is -3.00. The van der Waals surface area contributed by atoms with E-state index in [1.165, 1.54) is 16.4 Å². The van der Waals surface area contributed by atoms with Gasteiger partial charge in [0.25, 0.3) is 0 Å². The van der Waals surface area contributed by atoms with E-state index in [0.29, 0.717) is 37.1 Å². The van der Waals surface area contributed by atoms with Crippen molar-refractivity contribution in [2.75, 3.05) is 0 Å². The van der Waals surface area contributed by atoms with Gasteiger partial charge in [-0.1, -0.05) is 19.1 Å². The fourth-order valence-corrected chi connectivity index (χ4v) is 8.59. The molecule has 0 saturated heterocycles. The Kier molecular flexibility index (Phi) is 7.96. The molecule has 1 aliphatic heterocycles. The van der Waals surface area contributed by atoms with Crippen molar-refractivity contribution in [1.29, 1.82) is 0 Å². The van der Waals surface area contributed by atoms with E-state index in [1.807, 2.05) is 6.92 Å². The Bertz CT molecular complexity index is 1530. The molecule has 1 N–H and O–H groups in total. The van der Waals surface area contributed by atoms with Crippen LogP contribution in [0.15, 0.2) is 58.4 Å². The van der Waals surface area contributed by atoms with Gasteiger partial charge in [0, 0.05) is 30.3 Å². The molecule has 4 aliphatic rings. The summed E-state index contributed by atoms with van der Waals surface area (Å²) in [5, 5.41) is 3.20. The highest BCUT2D eigenvalue weighted by Crippen LogP contribution is 2.71. The first-order chi connectivity index (χ1) is 20.3. The number of alkyl halides is 6. The molecule has 0 unspecified atom stereocenters. The minimum atomic E-state index is -4.56. The lowest BCUT2D eigenvalue weighted by Gasteiger charge is -2.73. The lowest BCUT2D eigenvalue weighted by atomic mass is 9.38. The average Bonchev–Trinajstić information content (AvgIpc) is 3.23. The van der Waals surface area contributed by atoms with E-state index in [9.17, 15) is 43.9 Å². The van der Waals surface area contributed by atoms with Crippen molar-refractivity contribution >= 4 is 21.6 Å². The molecular weight excluding hydrogens is 615 g/mol. The number of rotatable bonds is 11. The highest BCUT2D eigenvalue weighted by atomic mass is 32.2. The first-order valence-corrected chi connectivity index (χ1v) is 15.7. The molecule has 1 heterocycles. The summed E-state index contributed by atoms with van der Waals surface area (Å²) in [5.41, 5.74) is -3.20. The Morgan fingerprint density at radius 2 is 1.59 bits per heavy atom. The molecule has 2 bridgehead atoms. The number of carbonyl (C=O) groups is 1. The van der Waals surface area contributed by atoms with E-state index >= 15 is 0 Å². The molecule has 3 aliphatic carbocycles. The molecule has 3 saturated carbocycles. The normalized spacial score (nSPS) is 28.2. The van der Waals surface area contributed by atoms with Crippen LogP contribution in [0.5, 0.6) is 0 Å². The minimum Gasteiger partial charge on any atom is -0.359 e. The van der Waals surface area contributed by atoms with Gasteiger partial charge in [-0.2, -0.15) is 30.6 Å². The van der Waals surface area contributed by atoms with Crippen LogP contribution in [0, 0.1) is 11.2 Å². The van der Waals surface area contributed by atoms with Crippen molar-refractivity contribution in [3.63, 3.8) is 0 Å². The third-order valence-corrected chi connectivity index (χ3v) is 11.2. The van der Waals surface area contributed by atoms with Gasteiger partial charge in [-0.15, -0.1) is 0 Å². The lowest BCUT2D eigenvalue weighted by molar-refractivity contribution is -0.151. The van der Waals surface area contributed by atoms with Gasteiger partial charge in [0.1, 0.15) is 17.2 Å². The van der Waals surface area contributed by atoms with Crippen molar-refractivity contribution in [1.82, 2.24) is 9.62 Å². The number of aliphatic imine (C=N–C) groups is 1. The van der Waals surface area contributed by atoms with Crippen LogP contribution >= 0.6 is 0 Å². The highest BCUT2D eigenvalue weighted by Gasteiger charge is 2.75. The summed E-state index contributed by atoms with van der Waals surface area (Å²) in [6.07, 6.45) is -9.17. The van der Waals surface area contributed by atoms with Gasteiger partial charge < -0.3 is 5.32 Å². The summed E-state index contributed by atoms with van der Waals surface area (Å²) < 4.78 is 120. The second-order valence-electron chi connectivity index (χ2n) is 12.3. The Morgan fingerprint density at radius 1 is 1.00 bits per heavy atom. The Morgan fingerprint density at radius 3 is 2.11 bits per heavy atom. The summed E-state index contributed by atoms with van der Waals surface area (Å²) in [6, 6.07) is 8.01. The third kappa shape index (κ3) is 5.75. The largest absolute Gasteiger partial charge is 0.416 e. The van der Waals surface area contributed by atoms with Crippen LogP contribution in [-0.4, -0.2) is 47.6 Å². The quantitative estimate of drug-likeness (QED) is 0.272. The molecule has 2 atom stereocenters. The van der Waals surface area contributed by atoms with Gasteiger partial charge in [0.2, 0.25) is 10.0 Å². The number of nitrogens with one attached hydrogen (secondary N) is 1. The smallest absolute Gasteiger partial charge is 0.359 e. The van der Waals surface area contributed by atoms with Crippen LogP contribution in [0.3, 0.4) is 0 Å². The number of nitrogens with zero attached hydrogens (tertiary/aromatic N) is 2. The van der Waals surface area contributed by atoms with Crippen LogP contribution in [0.25, 0.3) is 0 Å². The van der Waals surface area contributed by atoms with E-state index in [1.54, 1.807) is 6.92 Å². The molecule has 14 heteroatoms. The van der Waals surface area contributed by atoms with Crippen LogP contribution < -0.4 is 5.32 Å². The van der Waals surface area contributed by atoms with Crippen molar-refractivity contribution in [2.45, 2.75) is 99.7 Å². The van der Waals surface area contributed by atoms with Crippen molar-refractivity contribution in [3.8, 4) is 0 Å². The van der Waals surface area contributed by atoms with Gasteiger partial charge in [-0.05, 0) is 81.0 Å². The number of hydrogen-bond donors (Lipinski definition) is 1. The number of sulfonamides is 1. The average molecular weight is 648 g/mol. The molecule has 240 valence electrons. The molecular formula is C30H32F7N3O3S. The molecule has 44 heavy (non-hydrogen) atoms. The minimum absolute atomic E-state index is 0.163. The number of Topliss-reactive ketones (excluding diaryl/α,β-unsaturated/α-hetero) is 1. The van der Waals surface area contributed by atoms with E-state index in [4.69, 9.17) is 4.99 Å². The Balaban J connectivity index is 1.37. The molecule has 0 amide bonds. The van der Waals surface area contributed by atoms with E-state index < -0.39 is 62.7 Å². The predicted octanol–water partition coefficient (Wildman–Crippen LogP) is 6.80. The van der Waals surface area contributed by atoms with Gasteiger partial charge in [0.05, 0.1) is 16.5 Å². The molecule has 6 rings (SSSR count). The zero-order valence-corrected chi connectivity index (χ0v) is 24.8. The third-order valence-electron chi connectivity index (χ3n) is 9.20. The molecule has 2 aromatic carbocycles. The standard InChI is InChI=1S/C30H32F7N3O3S/c1-3-23-26(2,24(41)5-4-14-29(32,33)34)39-25(38-23)27-16-28(17-27,18-27)40(44(42,43)22-12-10-21(31)11-13-22)15-19-6-8-20(9-7-19)30(35,36)37/h6-13,23H,3-5,14-18H2,1-2H3,(H,38,39)/t23-,26+,27?,28?/m0/s1. The van der Waals surface area contributed by atoms with E-state index in [-0.39, 0.29) is 30.1 Å². The number of amidine groups is 1. The molecule has 0 spiro atoms. The summed E-state index contributed by atoms with van der Waals surface area (Å²) in [7, 11) is -4.22. The maximum atomic E-state index is 13.9. The van der Waals surface area contributed by atoms with Gasteiger partial charge >= 0.3 is 12.4 Å². The summed E-state index contributed by atoms with van der Waals surface area (Å²) in [4.78, 5) is 17.7. The van der Waals surface area contributed by atoms with E-state index in [2.05, 4.69) is 5.32 Å². The van der Waals surface area contributed by atoms with Gasteiger partial charge in [-0.3, -0.25) is 9.79 Å². The van der Waals surface area contributed by atoms with Gasteiger partial charge in [-0.25, -0.2) is 12.8 Å². The van der Waals surface area contributed by atoms with Crippen LogP contribution in [-0.2, 0) is 27.5 Å². The first kappa shape index (κ1) is 32.4. The predicted molar refractivity (Wildman–Crippen MR) is 148 cm³/mol. The number of benzene rings is 2. The molecule has 6 nitrogen and oxygen atoms in total. The second kappa shape index (κ2) is 10.8. The van der Waals surface area contributed by atoms with E-state index in [0.717, 1.165) is 36.4 Å². The van der Waals surface area contributed by atoms with Crippen molar-refractivity contribution in [2.24, 2.45) is 10.4 Å². The zero-order chi connectivity index (χ0) is 32.3. The molecule has 0 radical (unpaired) electrons. The molecule has 3 fully saturated rings. The SMILES string of the molecule is CC[C@@H]1N=C(C23CC(N(Cc4ccc(C(F)(F)F)cc4)S(=O)(=O)c4ccc(F)cc4)(C2)C3)N[C@@]1(C)C(=O)CCCC(F)(F)F.